The van der Waals surface area contributed by atoms with E-state index in [1.807, 2.05) is 27.7 Å². The van der Waals surface area contributed by atoms with E-state index in [2.05, 4.69) is 10.0 Å². The molecular weight excluding hydrogens is 404 g/mol. The minimum atomic E-state index is -3.59. The van der Waals surface area contributed by atoms with Gasteiger partial charge < -0.3 is 10.1 Å². The molecule has 0 aliphatic carbocycles. The van der Waals surface area contributed by atoms with Crippen LogP contribution in [0.5, 0.6) is 5.75 Å². The Morgan fingerprint density at radius 2 is 1.80 bits per heavy atom. The highest BCUT2D eigenvalue weighted by Gasteiger charge is 2.32. The second kappa shape index (κ2) is 8.20. The number of Topliss-reactive ketones (excluding diaryl/α,β-unsaturated/α-hetero) is 1. The van der Waals surface area contributed by atoms with E-state index >= 15 is 0 Å². The molecule has 1 aliphatic rings. The number of benzene rings is 2. The molecule has 0 bridgehead atoms. The fourth-order valence-corrected chi connectivity index (χ4v) is 4.29. The maximum absolute atomic E-state index is 12.6. The lowest BCUT2D eigenvalue weighted by molar-refractivity contribution is 0.0620. The maximum atomic E-state index is 12.6. The van der Waals surface area contributed by atoms with Gasteiger partial charge in [0, 0.05) is 17.8 Å². The van der Waals surface area contributed by atoms with E-state index in [0.717, 1.165) is 0 Å². The van der Waals surface area contributed by atoms with E-state index in [4.69, 9.17) is 4.74 Å². The van der Waals surface area contributed by atoms with E-state index in [-0.39, 0.29) is 23.0 Å². The van der Waals surface area contributed by atoms with E-state index in [1.54, 1.807) is 12.1 Å². The quantitative estimate of drug-likeness (QED) is 0.729. The standard InChI is InChI=1S/C22H26N2O5S/c1-14(2)13-23-30(27,28)17-8-6-16(7-9-17)24-21(26)15-5-10-20-18(11-15)19(25)12-22(3,4)29-20/h5-11,14,23H,12-13H2,1-4H3,(H,24,26). The Morgan fingerprint density at radius 1 is 1.13 bits per heavy atom. The lowest BCUT2D eigenvalue weighted by Gasteiger charge is -2.31. The molecule has 0 saturated carbocycles. The monoisotopic (exact) mass is 430 g/mol. The SMILES string of the molecule is CC(C)CNS(=O)(=O)c1ccc(NC(=O)c2ccc3c(c2)C(=O)CC(C)(C)O3)cc1. The minimum Gasteiger partial charge on any atom is -0.487 e. The zero-order valence-electron chi connectivity index (χ0n) is 17.5. The number of rotatable bonds is 6. The number of hydrogen-bond donors (Lipinski definition) is 2. The molecule has 160 valence electrons. The van der Waals surface area contributed by atoms with Crippen molar-refractivity contribution in [3.8, 4) is 5.75 Å². The van der Waals surface area contributed by atoms with Crippen LogP contribution in [-0.2, 0) is 10.0 Å². The van der Waals surface area contributed by atoms with Crippen molar-refractivity contribution in [2.45, 2.75) is 44.6 Å². The molecule has 7 nitrogen and oxygen atoms in total. The Bertz CT molecular complexity index is 1070. The van der Waals surface area contributed by atoms with Crippen LogP contribution in [0.4, 0.5) is 5.69 Å². The largest absolute Gasteiger partial charge is 0.487 e. The molecule has 0 unspecified atom stereocenters. The van der Waals surface area contributed by atoms with Crippen LogP contribution in [0.2, 0.25) is 0 Å². The molecule has 2 aromatic carbocycles. The number of carbonyl (C=O) groups excluding carboxylic acids is 2. The van der Waals surface area contributed by atoms with Crippen molar-refractivity contribution < 1.29 is 22.7 Å². The molecule has 2 aromatic rings. The van der Waals surface area contributed by atoms with Crippen LogP contribution in [-0.4, -0.2) is 32.3 Å². The van der Waals surface area contributed by atoms with Crippen molar-refractivity contribution >= 4 is 27.4 Å². The summed E-state index contributed by atoms with van der Waals surface area (Å²) in [7, 11) is -3.59. The molecule has 1 heterocycles. The zero-order chi connectivity index (χ0) is 22.1. The molecule has 2 N–H and O–H groups in total. The Kier molecular flexibility index (Phi) is 6.01. The van der Waals surface area contributed by atoms with Gasteiger partial charge in [0.15, 0.2) is 5.78 Å². The molecule has 1 aliphatic heterocycles. The molecule has 0 spiro atoms. The summed E-state index contributed by atoms with van der Waals surface area (Å²) in [5.74, 6) is 0.192. The number of amides is 1. The molecule has 30 heavy (non-hydrogen) atoms. The number of sulfonamides is 1. The van der Waals surface area contributed by atoms with E-state index < -0.39 is 21.5 Å². The van der Waals surface area contributed by atoms with Crippen molar-refractivity contribution in [1.29, 1.82) is 0 Å². The van der Waals surface area contributed by atoms with Crippen LogP contribution in [0.15, 0.2) is 47.4 Å². The van der Waals surface area contributed by atoms with Crippen LogP contribution in [0.3, 0.4) is 0 Å². The molecule has 0 atom stereocenters. The van der Waals surface area contributed by atoms with E-state index in [9.17, 15) is 18.0 Å². The molecule has 3 rings (SSSR count). The highest BCUT2D eigenvalue weighted by atomic mass is 32.2. The number of hydrogen-bond acceptors (Lipinski definition) is 5. The van der Waals surface area contributed by atoms with Gasteiger partial charge in [0.1, 0.15) is 11.4 Å². The van der Waals surface area contributed by atoms with Crippen molar-refractivity contribution in [1.82, 2.24) is 4.72 Å². The van der Waals surface area contributed by atoms with Crippen molar-refractivity contribution in [2.24, 2.45) is 5.92 Å². The summed E-state index contributed by atoms with van der Waals surface area (Å²) in [5.41, 5.74) is 0.588. The molecule has 0 fully saturated rings. The smallest absolute Gasteiger partial charge is 0.255 e. The van der Waals surface area contributed by atoms with Gasteiger partial charge in [0.2, 0.25) is 10.0 Å². The fraction of sp³-hybridized carbons (Fsp3) is 0.364. The first-order chi connectivity index (χ1) is 14.0. The van der Waals surface area contributed by atoms with Gasteiger partial charge in [-0.2, -0.15) is 0 Å². The number of ether oxygens (including phenoxy) is 1. The Hall–Kier alpha value is -2.71. The topological polar surface area (TPSA) is 102 Å². The molecular formula is C22H26N2O5S. The Labute approximate surface area is 176 Å². The van der Waals surface area contributed by atoms with Crippen LogP contribution in [0.1, 0.15) is 54.8 Å². The first-order valence-corrected chi connectivity index (χ1v) is 11.2. The van der Waals surface area contributed by atoms with Gasteiger partial charge in [-0.05, 0) is 62.2 Å². The average Bonchev–Trinajstić information content (AvgIpc) is 2.66. The normalized spacial score (nSPS) is 15.4. The fourth-order valence-electron chi connectivity index (χ4n) is 3.07. The summed E-state index contributed by atoms with van der Waals surface area (Å²) in [4.78, 5) is 25.1. The van der Waals surface area contributed by atoms with Gasteiger partial charge in [-0.25, -0.2) is 13.1 Å². The van der Waals surface area contributed by atoms with Crippen LogP contribution < -0.4 is 14.8 Å². The van der Waals surface area contributed by atoms with Crippen molar-refractivity contribution in [3.05, 3.63) is 53.6 Å². The van der Waals surface area contributed by atoms with E-state index in [0.29, 0.717) is 29.1 Å². The lowest BCUT2D eigenvalue weighted by Crippen LogP contribution is -2.36. The van der Waals surface area contributed by atoms with Gasteiger partial charge in [0.05, 0.1) is 16.9 Å². The number of fused-ring (bicyclic) bond motifs is 1. The number of nitrogens with one attached hydrogen (secondary N) is 2. The third-order valence-electron chi connectivity index (χ3n) is 4.62. The van der Waals surface area contributed by atoms with Gasteiger partial charge >= 0.3 is 0 Å². The average molecular weight is 431 g/mol. The number of ketones is 1. The lowest BCUT2D eigenvalue weighted by atomic mass is 9.92. The second-order valence-electron chi connectivity index (χ2n) is 8.40. The number of anilines is 1. The second-order valence-corrected chi connectivity index (χ2v) is 10.2. The minimum absolute atomic E-state index is 0.0700. The number of carbonyl (C=O) groups is 2. The molecule has 0 aromatic heterocycles. The molecule has 8 heteroatoms. The highest BCUT2D eigenvalue weighted by Crippen LogP contribution is 2.33. The highest BCUT2D eigenvalue weighted by molar-refractivity contribution is 7.89. The van der Waals surface area contributed by atoms with E-state index in [1.165, 1.54) is 30.3 Å². The third-order valence-corrected chi connectivity index (χ3v) is 6.06. The summed E-state index contributed by atoms with van der Waals surface area (Å²) < 4.78 is 32.9. The summed E-state index contributed by atoms with van der Waals surface area (Å²) >= 11 is 0. The summed E-state index contributed by atoms with van der Waals surface area (Å²) in [6.45, 7) is 7.87. The maximum Gasteiger partial charge on any atom is 0.255 e. The Balaban J connectivity index is 1.73. The van der Waals surface area contributed by atoms with Gasteiger partial charge in [-0.15, -0.1) is 0 Å². The zero-order valence-corrected chi connectivity index (χ0v) is 18.3. The van der Waals surface area contributed by atoms with Gasteiger partial charge in [-0.1, -0.05) is 13.8 Å². The summed E-state index contributed by atoms with van der Waals surface area (Å²) in [6, 6.07) is 10.7. The predicted octanol–water partition coefficient (Wildman–Crippen LogP) is 3.62. The van der Waals surface area contributed by atoms with Crippen molar-refractivity contribution in [3.63, 3.8) is 0 Å². The molecule has 1 amide bonds. The van der Waals surface area contributed by atoms with Gasteiger partial charge in [-0.3, -0.25) is 9.59 Å². The molecule has 0 saturated heterocycles. The van der Waals surface area contributed by atoms with Crippen LogP contribution in [0.25, 0.3) is 0 Å². The first-order valence-electron chi connectivity index (χ1n) is 9.74. The third kappa shape index (κ3) is 5.06. The van der Waals surface area contributed by atoms with Gasteiger partial charge in [0.25, 0.3) is 5.91 Å². The van der Waals surface area contributed by atoms with Crippen molar-refractivity contribution in [2.75, 3.05) is 11.9 Å². The predicted molar refractivity (Wildman–Crippen MR) is 115 cm³/mol. The molecule has 0 radical (unpaired) electrons. The Morgan fingerprint density at radius 3 is 2.43 bits per heavy atom. The van der Waals surface area contributed by atoms with Crippen LogP contribution >= 0.6 is 0 Å². The summed E-state index contributed by atoms with van der Waals surface area (Å²) in [6.07, 6.45) is 0.242. The summed E-state index contributed by atoms with van der Waals surface area (Å²) in [5, 5.41) is 2.72. The van der Waals surface area contributed by atoms with Crippen LogP contribution in [0, 0.1) is 5.92 Å². The first kappa shape index (κ1) is 22.0.